The van der Waals surface area contributed by atoms with Crippen LogP contribution in [-0.2, 0) is 11.2 Å². The van der Waals surface area contributed by atoms with E-state index in [4.69, 9.17) is 5.11 Å². The van der Waals surface area contributed by atoms with E-state index in [0.29, 0.717) is 5.69 Å². The van der Waals surface area contributed by atoms with Crippen LogP contribution in [0.5, 0.6) is 0 Å². The summed E-state index contributed by atoms with van der Waals surface area (Å²) < 4.78 is 1.79. The van der Waals surface area contributed by atoms with E-state index in [2.05, 4.69) is 10.3 Å². The number of carboxylic acids is 1. The number of carbonyl (C=O) groups is 1. The molecule has 0 bridgehead atoms. The summed E-state index contributed by atoms with van der Waals surface area (Å²) in [6, 6.07) is 19.6. The first kappa shape index (κ1) is 15.0. The molecule has 3 rings (SSSR count). The third kappa shape index (κ3) is 3.13. The molecule has 0 radical (unpaired) electrons. The van der Waals surface area contributed by atoms with Crippen molar-refractivity contribution in [2.45, 2.75) is 19.4 Å². The molecule has 1 heterocycles. The van der Waals surface area contributed by atoms with Gasteiger partial charge in [0.1, 0.15) is 5.69 Å². The lowest BCUT2D eigenvalue weighted by atomic mass is 10.1. The highest BCUT2D eigenvalue weighted by atomic mass is 16.4. The minimum Gasteiger partial charge on any atom is -0.481 e. The summed E-state index contributed by atoms with van der Waals surface area (Å²) in [4.78, 5) is 11.1. The minimum atomic E-state index is -0.915. The molecule has 116 valence electrons. The van der Waals surface area contributed by atoms with E-state index in [1.54, 1.807) is 4.68 Å². The van der Waals surface area contributed by atoms with Gasteiger partial charge in [-0.15, -0.1) is 5.10 Å². The van der Waals surface area contributed by atoms with E-state index in [1.165, 1.54) is 0 Å². The predicted octanol–water partition coefficient (Wildman–Crippen LogP) is 3.18. The van der Waals surface area contributed by atoms with E-state index in [0.717, 1.165) is 16.8 Å². The van der Waals surface area contributed by atoms with Crippen LogP contribution >= 0.6 is 0 Å². The third-order valence-electron chi connectivity index (χ3n) is 3.78. The van der Waals surface area contributed by atoms with Gasteiger partial charge in [0.05, 0.1) is 18.2 Å². The van der Waals surface area contributed by atoms with Gasteiger partial charge < -0.3 is 5.11 Å². The largest absolute Gasteiger partial charge is 0.481 e. The molecule has 0 saturated heterocycles. The standard InChI is InChI=1S/C18H17N3O2/c1-13(14-8-4-2-5-9-14)21-18(15-10-6-3-7-11-15)16(19-20-21)12-17(22)23/h2-11,13H,12H2,1H3,(H,22,23). The molecule has 0 aliphatic heterocycles. The lowest BCUT2D eigenvalue weighted by Gasteiger charge is -2.16. The van der Waals surface area contributed by atoms with Crippen LogP contribution in [-0.4, -0.2) is 26.1 Å². The van der Waals surface area contributed by atoms with Gasteiger partial charge in [-0.05, 0) is 12.5 Å². The first-order valence-electron chi connectivity index (χ1n) is 7.43. The lowest BCUT2D eigenvalue weighted by molar-refractivity contribution is -0.136. The van der Waals surface area contributed by atoms with Crippen molar-refractivity contribution in [3.63, 3.8) is 0 Å². The van der Waals surface area contributed by atoms with Gasteiger partial charge >= 0.3 is 5.97 Å². The molecular formula is C18H17N3O2. The SMILES string of the molecule is CC(c1ccccc1)n1nnc(CC(=O)O)c1-c1ccccc1. The predicted molar refractivity (Wildman–Crippen MR) is 87.1 cm³/mol. The number of nitrogens with zero attached hydrogens (tertiary/aromatic N) is 3. The molecule has 0 spiro atoms. The van der Waals surface area contributed by atoms with Crippen LogP contribution < -0.4 is 0 Å². The molecular weight excluding hydrogens is 290 g/mol. The van der Waals surface area contributed by atoms with E-state index in [9.17, 15) is 4.79 Å². The summed E-state index contributed by atoms with van der Waals surface area (Å²) in [6.45, 7) is 2.03. The first-order chi connectivity index (χ1) is 11.2. The topological polar surface area (TPSA) is 68.0 Å². The lowest BCUT2D eigenvalue weighted by Crippen LogP contribution is -2.11. The Hall–Kier alpha value is -2.95. The fourth-order valence-electron chi connectivity index (χ4n) is 2.63. The molecule has 23 heavy (non-hydrogen) atoms. The van der Waals surface area contributed by atoms with Crippen molar-refractivity contribution in [1.29, 1.82) is 0 Å². The Labute approximate surface area is 134 Å². The van der Waals surface area contributed by atoms with Gasteiger partial charge in [-0.3, -0.25) is 4.79 Å². The van der Waals surface area contributed by atoms with E-state index in [1.807, 2.05) is 67.6 Å². The van der Waals surface area contributed by atoms with Crippen molar-refractivity contribution in [1.82, 2.24) is 15.0 Å². The second-order valence-electron chi connectivity index (χ2n) is 5.35. The van der Waals surface area contributed by atoms with Crippen molar-refractivity contribution in [3.8, 4) is 11.3 Å². The van der Waals surface area contributed by atoms with Crippen molar-refractivity contribution in [2.75, 3.05) is 0 Å². The van der Waals surface area contributed by atoms with Crippen LogP contribution in [0.4, 0.5) is 0 Å². The molecule has 5 heteroatoms. The molecule has 0 saturated carbocycles. The second-order valence-corrected chi connectivity index (χ2v) is 5.35. The Balaban J connectivity index is 2.10. The molecule has 0 fully saturated rings. The Morgan fingerprint density at radius 2 is 1.70 bits per heavy atom. The van der Waals surface area contributed by atoms with Crippen molar-refractivity contribution in [3.05, 3.63) is 71.9 Å². The molecule has 0 amide bonds. The normalized spacial score (nSPS) is 12.0. The molecule has 2 aromatic carbocycles. The van der Waals surface area contributed by atoms with Crippen molar-refractivity contribution >= 4 is 5.97 Å². The Kier molecular flexibility index (Phi) is 4.19. The van der Waals surface area contributed by atoms with Crippen LogP contribution in [0.15, 0.2) is 60.7 Å². The number of aliphatic carboxylic acids is 1. The average Bonchev–Trinajstić information content (AvgIpc) is 2.98. The number of rotatable bonds is 5. The highest BCUT2D eigenvalue weighted by Gasteiger charge is 2.21. The Bertz CT molecular complexity index is 798. The van der Waals surface area contributed by atoms with E-state index in [-0.39, 0.29) is 12.5 Å². The van der Waals surface area contributed by atoms with Gasteiger partial charge in [-0.1, -0.05) is 65.9 Å². The summed E-state index contributed by atoms with van der Waals surface area (Å²) in [5.74, 6) is -0.915. The van der Waals surface area contributed by atoms with Crippen LogP contribution in [0.1, 0.15) is 24.2 Å². The Morgan fingerprint density at radius 1 is 1.09 bits per heavy atom. The molecule has 0 aliphatic rings. The summed E-state index contributed by atoms with van der Waals surface area (Å²) in [7, 11) is 0. The van der Waals surface area contributed by atoms with Crippen LogP contribution in [0.2, 0.25) is 0 Å². The molecule has 0 aliphatic carbocycles. The van der Waals surface area contributed by atoms with E-state index < -0.39 is 5.97 Å². The molecule has 1 atom stereocenters. The van der Waals surface area contributed by atoms with E-state index >= 15 is 0 Å². The van der Waals surface area contributed by atoms with Gasteiger partial charge in [-0.2, -0.15) is 0 Å². The summed E-state index contributed by atoms with van der Waals surface area (Å²) >= 11 is 0. The zero-order valence-electron chi connectivity index (χ0n) is 12.8. The summed E-state index contributed by atoms with van der Waals surface area (Å²) in [5.41, 5.74) is 3.24. The maximum Gasteiger partial charge on any atom is 0.309 e. The maximum absolute atomic E-state index is 11.1. The average molecular weight is 307 g/mol. The second kappa shape index (κ2) is 6.44. The van der Waals surface area contributed by atoms with Crippen molar-refractivity contribution < 1.29 is 9.90 Å². The maximum atomic E-state index is 11.1. The molecule has 1 N–H and O–H groups in total. The van der Waals surface area contributed by atoms with Crippen LogP contribution in [0.25, 0.3) is 11.3 Å². The van der Waals surface area contributed by atoms with Gasteiger partial charge in [0.25, 0.3) is 0 Å². The van der Waals surface area contributed by atoms with Gasteiger partial charge in [0, 0.05) is 5.56 Å². The number of benzene rings is 2. The smallest absolute Gasteiger partial charge is 0.309 e. The highest BCUT2D eigenvalue weighted by Crippen LogP contribution is 2.28. The molecule has 5 nitrogen and oxygen atoms in total. The molecule has 1 aromatic heterocycles. The summed E-state index contributed by atoms with van der Waals surface area (Å²) in [6.07, 6.45) is -0.147. The fourth-order valence-corrected chi connectivity index (χ4v) is 2.63. The molecule has 3 aromatic rings. The molecule has 1 unspecified atom stereocenters. The fraction of sp³-hybridized carbons (Fsp3) is 0.167. The van der Waals surface area contributed by atoms with Gasteiger partial charge in [0.15, 0.2) is 0 Å². The number of aromatic nitrogens is 3. The quantitative estimate of drug-likeness (QED) is 0.786. The highest BCUT2D eigenvalue weighted by molar-refractivity contribution is 5.74. The van der Waals surface area contributed by atoms with Crippen LogP contribution in [0.3, 0.4) is 0 Å². The number of carboxylic acid groups (broad SMARTS) is 1. The summed E-state index contributed by atoms with van der Waals surface area (Å²) in [5, 5.41) is 17.5. The zero-order valence-corrected chi connectivity index (χ0v) is 12.8. The minimum absolute atomic E-state index is 0.0403. The third-order valence-corrected chi connectivity index (χ3v) is 3.78. The Morgan fingerprint density at radius 3 is 2.30 bits per heavy atom. The monoisotopic (exact) mass is 307 g/mol. The number of hydrogen-bond donors (Lipinski definition) is 1. The van der Waals surface area contributed by atoms with Gasteiger partial charge in [0.2, 0.25) is 0 Å². The van der Waals surface area contributed by atoms with Gasteiger partial charge in [-0.25, -0.2) is 4.68 Å². The first-order valence-corrected chi connectivity index (χ1v) is 7.43. The van der Waals surface area contributed by atoms with Crippen LogP contribution in [0, 0.1) is 0 Å². The zero-order chi connectivity index (χ0) is 16.2. The number of hydrogen-bond acceptors (Lipinski definition) is 3. The van der Waals surface area contributed by atoms with Crippen molar-refractivity contribution in [2.24, 2.45) is 0 Å².